The van der Waals surface area contributed by atoms with Gasteiger partial charge in [-0.05, 0) is 30.2 Å². The molecule has 128 valence electrons. The summed E-state index contributed by atoms with van der Waals surface area (Å²) in [5, 5.41) is 8.62. The molecule has 25 heavy (non-hydrogen) atoms. The molecule has 3 heterocycles. The van der Waals surface area contributed by atoms with Crippen LogP contribution in [0.1, 0.15) is 15.9 Å². The van der Waals surface area contributed by atoms with Crippen molar-refractivity contribution in [1.29, 1.82) is 0 Å². The van der Waals surface area contributed by atoms with Crippen molar-refractivity contribution in [1.82, 2.24) is 15.1 Å². The summed E-state index contributed by atoms with van der Waals surface area (Å²) in [6.45, 7) is 2.46. The molecule has 0 aliphatic carbocycles. The number of ether oxygens (including phenoxy) is 1. The van der Waals surface area contributed by atoms with E-state index in [1.54, 1.807) is 12.3 Å². The molecule has 4 rings (SSSR count). The Morgan fingerprint density at radius 3 is 3.08 bits per heavy atom. The van der Waals surface area contributed by atoms with E-state index in [1.807, 2.05) is 11.0 Å². The van der Waals surface area contributed by atoms with Crippen LogP contribution in [0.5, 0.6) is 0 Å². The minimum Gasteiger partial charge on any atom is -0.464 e. The monoisotopic (exact) mass is 337 g/mol. The molecule has 1 fully saturated rings. The number of carbonyl (C=O) groups is 1. The number of fused-ring (bicyclic) bond motifs is 1. The SMILES string of the molecule is O=C(c1ccnnc1)N1CCOC[C@H](Cc2ccc3ccoc3c2)C1. The Balaban J connectivity index is 1.48. The Morgan fingerprint density at radius 2 is 2.20 bits per heavy atom. The van der Waals surface area contributed by atoms with Gasteiger partial charge in [0.25, 0.3) is 5.91 Å². The molecule has 1 atom stereocenters. The zero-order valence-corrected chi connectivity index (χ0v) is 13.8. The first kappa shape index (κ1) is 15.8. The van der Waals surface area contributed by atoms with Crippen molar-refractivity contribution < 1.29 is 13.9 Å². The second-order valence-electron chi connectivity index (χ2n) is 6.32. The number of amides is 1. The van der Waals surface area contributed by atoms with Crippen LogP contribution in [0.15, 0.2) is 53.4 Å². The standard InChI is InChI=1S/C19H19N3O3/c23-19(17-3-5-20-21-11-17)22-6-8-24-13-15(12-22)9-14-1-2-16-4-7-25-18(16)10-14/h1-5,7,10-11,15H,6,8-9,12-13H2/t15-/m1/s1. The number of carbonyl (C=O) groups excluding carboxylic acids is 1. The first-order valence-electron chi connectivity index (χ1n) is 8.39. The number of hydrogen-bond donors (Lipinski definition) is 0. The predicted molar refractivity (Wildman–Crippen MR) is 92.2 cm³/mol. The molecule has 1 aliphatic rings. The molecule has 1 aliphatic heterocycles. The topological polar surface area (TPSA) is 68.5 Å². The molecule has 0 spiro atoms. The third-order valence-corrected chi connectivity index (χ3v) is 4.50. The Labute approximate surface area is 145 Å². The van der Waals surface area contributed by atoms with E-state index in [-0.39, 0.29) is 11.8 Å². The number of nitrogens with zero attached hydrogens (tertiary/aromatic N) is 3. The van der Waals surface area contributed by atoms with Gasteiger partial charge in [-0.3, -0.25) is 4.79 Å². The highest BCUT2D eigenvalue weighted by Crippen LogP contribution is 2.21. The number of rotatable bonds is 3. The van der Waals surface area contributed by atoms with Crippen LogP contribution in [0.4, 0.5) is 0 Å². The van der Waals surface area contributed by atoms with Crippen molar-refractivity contribution >= 4 is 16.9 Å². The van der Waals surface area contributed by atoms with Crippen LogP contribution in [-0.4, -0.2) is 47.3 Å². The summed E-state index contributed by atoms with van der Waals surface area (Å²) in [6, 6.07) is 9.90. The highest BCUT2D eigenvalue weighted by atomic mass is 16.5. The highest BCUT2D eigenvalue weighted by molar-refractivity contribution is 5.93. The Hall–Kier alpha value is -2.73. The van der Waals surface area contributed by atoms with Gasteiger partial charge in [-0.1, -0.05) is 12.1 Å². The molecule has 1 saturated heterocycles. The van der Waals surface area contributed by atoms with Gasteiger partial charge < -0.3 is 14.1 Å². The molecule has 0 N–H and O–H groups in total. The highest BCUT2D eigenvalue weighted by Gasteiger charge is 2.24. The summed E-state index contributed by atoms with van der Waals surface area (Å²) in [5.74, 6) is 0.223. The normalized spacial score (nSPS) is 18.2. The Kier molecular flexibility index (Phi) is 4.43. The number of furan rings is 1. The zero-order chi connectivity index (χ0) is 17.1. The summed E-state index contributed by atoms with van der Waals surface area (Å²) in [7, 11) is 0. The number of hydrogen-bond acceptors (Lipinski definition) is 5. The average molecular weight is 337 g/mol. The molecule has 0 bridgehead atoms. The molecular formula is C19H19N3O3. The van der Waals surface area contributed by atoms with E-state index < -0.39 is 0 Å². The van der Waals surface area contributed by atoms with E-state index in [4.69, 9.17) is 9.15 Å². The van der Waals surface area contributed by atoms with E-state index in [0.29, 0.717) is 31.9 Å². The fourth-order valence-corrected chi connectivity index (χ4v) is 3.25. The minimum atomic E-state index is -0.0214. The first-order chi connectivity index (χ1) is 12.3. The van der Waals surface area contributed by atoms with Crippen molar-refractivity contribution in [2.24, 2.45) is 5.92 Å². The summed E-state index contributed by atoms with van der Waals surface area (Å²) in [6.07, 6.45) is 5.59. The Bertz CT molecular complexity index is 862. The number of benzene rings is 1. The van der Waals surface area contributed by atoms with Gasteiger partial charge in [0.05, 0.1) is 37.4 Å². The second kappa shape index (κ2) is 7.03. The summed E-state index contributed by atoms with van der Waals surface area (Å²) < 4.78 is 11.2. The van der Waals surface area contributed by atoms with Crippen molar-refractivity contribution in [2.75, 3.05) is 26.3 Å². The lowest BCUT2D eigenvalue weighted by molar-refractivity contribution is 0.0736. The minimum absolute atomic E-state index is 0.0214. The molecular weight excluding hydrogens is 318 g/mol. The predicted octanol–water partition coefficient (Wildman–Crippen LogP) is 2.55. The fraction of sp³-hybridized carbons (Fsp3) is 0.316. The zero-order valence-electron chi connectivity index (χ0n) is 13.8. The molecule has 1 aromatic carbocycles. The molecule has 0 radical (unpaired) electrons. The quantitative estimate of drug-likeness (QED) is 0.735. The Morgan fingerprint density at radius 1 is 1.24 bits per heavy atom. The third kappa shape index (κ3) is 3.53. The molecule has 0 unspecified atom stereocenters. The molecule has 6 heteroatoms. The second-order valence-corrected chi connectivity index (χ2v) is 6.32. The van der Waals surface area contributed by atoms with Gasteiger partial charge in [0.1, 0.15) is 5.58 Å². The maximum Gasteiger partial charge on any atom is 0.255 e. The van der Waals surface area contributed by atoms with Gasteiger partial charge in [0.2, 0.25) is 0 Å². The van der Waals surface area contributed by atoms with Gasteiger partial charge >= 0.3 is 0 Å². The lowest BCUT2D eigenvalue weighted by Crippen LogP contribution is -2.36. The first-order valence-corrected chi connectivity index (χ1v) is 8.39. The van der Waals surface area contributed by atoms with Crippen LogP contribution in [0, 0.1) is 5.92 Å². The van der Waals surface area contributed by atoms with Crippen LogP contribution in [0.2, 0.25) is 0 Å². The van der Waals surface area contributed by atoms with E-state index in [0.717, 1.165) is 17.4 Å². The van der Waals surface area contributed by atoms with Crippen LogP contribution < -0.4 is 0 Å². The van der Waals surface area contributed by atoms with E-state index in [9.17, 15) is 4.79 Å². The average Bonchev–Trinajstić information content (AvgIpc) is 2.99. The van der Waals surface area contributed by atoms with Gasteiger partial charge in [-0.2, -0.15) is 10.2 Å². The van der Waals surface area contributed by atoms with Crippen molar-refractivity contribution in [2.45, 2.75) is 6.42 Å². The molecule has 2 aromatic heterocycles. The maximum absolute atomic E-state index is 12.7. The lowest BCUT2D eigenvalue weighted by atomic mass is 9.98. The lowest BCUT2D eigenvalue weighted by Gasteiger charge is -2.23. The van der Waals surface area contributed by atoms with E-state index in [1.165, 1.54) is 18.0 Å². The van der Waals surface area contributed by atoms with Gasteiger partial charge in [-0.15, -0.1) is 0 Å². The number of aromatic nitrogens is 2. The fourth-order valence-electron chi connectivity index (χ4n) is 3.25. The van der Waals surface area contributed by atoms with Crippen LogP contribution in [0.25, 0.3) is 11.0 Å². The van der Waals surface area contributed by atoms with Gasteiger partial charge in [0.15, 0.2) is 0 Å². The van der Waals surface area contributed by atoms with Crippen LogP contribution in [-0.2, 0) is 11.2 Å². The summed E-state index contributed by atoms with van der Waals surface area (Å²) in [5.41, 5.74) is 2.64. The van der Waals surface area contributed by atoms with E-state index >= 15 is 0 Å². The maximum atomic E-state index is 12.7. The summed E-state index contributed by atoms with van der Waals surface area (Å²) >= 11 is 0. The van der Waals surface area contributed by atoms with Gasteiger partial charge in [0, 0.05) is 24.4 Å². The van der Waals surface area contributed by atoms with Gasteiger partial charge in [-0.25, -0.2) is 0 Å². The molecule has 3 aromatic rings. The summed E-state index contributed by atoms with van der Waals surface area (Å²) in [4.78, 5) is 14.5. The van der Waals surface area contributed by atoms with Crippen LogP contribution >= 0.6 is 0 Å². The molecule has 0 saturated carbocycles. The van der Waals surface area contributed by atoms with Crippen molar-refractivity contribution in [3.63, 3.8) is 0 Å². The largest absolute Gasteiger partial charge is 0.464 e. The van der Waals surface area contributed by atoms with E-state index in [2.05, 4.69) is 28.4 Å². The van der Waals surface area contributed by atoms with Crippen molar-refractivity contribution in [3.8, 4) is 0 Å². The molecule has 6 nitrogen and oxygen atoms in total. The molecule has 1 amide bonds. The third-order valence-electron chi connectivity index (χ3n) is 4.50. The smallest absolute Gasteiger partial charge is 0.255 e. The van der Waals surface area contributed by atoms with Crippen molar-refractivity contribution in [3.05, 3.63) is 60.1 Å². The van der Waals surface area contributed by atoms with Crippen LogP contribution in [0.3, 0.4) is 0 Å².